The first-order valence-corrected chi connectivity index (χ1v) is 6.07. The van der Waals surface area contributed by atoms with Crippen LogP contribution in [0.2, 0.25) is 0 Å². The van der Waals surface area contributed by atoms with Crippen LogP contribution in [-0.4, -0.2) is 11.9 Å². The van der Waals surface area contributed by atoms with Gasteiger partial charge in [0.1, 0.15) is 6.04 Å². The van der Waals surface area contributed by atoms with Crippen molar-refractivity contribution in [1.29, 1.82) is 5.26 Å². The molecular formula is C10H8BrIN2O. The van der Waals surface area contributed by atoms with Crippen molar-refractivity contribution in [3.05, 3.63) is 31.8 Å². The third-order valence-corrected chi connectivity index (χ3v) is 3.08. The summed E-state index contributed by atoms with van der Waals surface area (Å²) >= 11 is 5.43. The number of hydrogen-bond donors (Lipinski definition) is 1. The van der Waals surface area contributed by atoms with Crippen LogP contribution in [0.5, 0.6) is 0 Å². The monoisotopic (exact) mass is 378 g/mol. The average Bonchev–Trinajstić information content (AvgIpc) is 2.21. The highest BCUT2D eigenvalue weighted by molar-refractivity contribution is 14.1. The molecule has 1 aromatic rings. The molecule has 1 aromatic carbocycles. The van der Waals surface area contributed by atoms with Crippen molar-refractivity contribution in [2.75, 3.05) is 0 Å². The van der Waals surface area contributed by atoms with E-state index in [4.69, 9.17) is 5.26 Å². The maximum absolute atomic E-state index is 11.7. The number of carbonyl (C=O) groups is 1. The van der Waals surface area contributed by atoms with E-state index in [9.17, 15) is 4.79 Å². The molecular weight excluding hydrogens is 371 g/mol. The number of nitrogens with zero attached hydrogens (tertiary/aromatic N) is 1. The Kier molecular flexibility index (Phi) is 4.54. The van der Waals surface area contributed by atoms with Gasteiger partial charge in [0.2, 0.25) is 0 Å². The van der Waals surface area contributed by atoms with Crippen LogP contribution < -0.4 is 5.32 Å². The standard InChI is InChI=1S/C10H8BrIN2O/c1-6(5-13)14-10(15)8-4-7(12)2-3-9(8)11/h2-4,6H,1H3,(H,14,15). The van der Waals surface area contributed by atoms with Crippen molar-refractivity contribution in [3.8, 4) is 6.07 Å². The van der Waals surface area contributed by atoms with Gasteiger partial charge < -0.3 is 5.32 Å². The molecule has 0 saturated heterocycles. The van der Waals surface area contributed by atoms with Crippen LogP contribution in [0.1, 0.15) is 17.3 Å². The average molecular weight is 379 g/mol. The van der Waals surface area contributed by atoms with Gasteiger partial charge in [-0.2, -0.15) is 5.26 Å². The summed E-state index contributed by atoms with van der Waals surface area (Å²) in [7, 11) is 0. The lowest BCUT2D eigenvalue weighted by atomic mass is 10.2. The smallest absolute Gasteiger partial charge is 0.253 e. The first-order valence-electron chi connectivity index (χ1n) is 4.20. The molecule has 5 heteroatoms. The first-order chi connectivity index (χ1) is 7.04. The Balaban J connectivity index is 2.92. The second-order valence-electron chi connectivity index (χ2n) is 2.95. The van der Waals surface area contributed by atoms with E-state index in [0.717, 1.165) is 8.04 Å². The summed E-state index contributed by atoms with van der Waals surface area (Å²) in [6.07, 6.45) is 0. The zero-order chi connectivity index (χ0) is 11.4. The molecule has 0 aliphatic rings. The lowest BCUT2D eigenvalue weighted by Crippen LogP contribution is -2.31. The van der Waals surface area contributed by atoms with Gasteiger partial charge in [0.15, 0.2) is 0 Å². The molecule has 0 aliphatic carbocycles. The predicted molar refractivity (Wildman–Crippen MR) is 69.4 cm³/mol. The van der Waals surface area contributed by atoms with Crippen LogP contribution >= 0.6 is 38.5 Å². The van der Waals surface area contributed by atoms with Crippen molar-refractivity contribution in [3.63, 3.8) is 0 Å². The molecule has 0 aliphatic heterocycles. The summed E-state index contributed by atoms with van der Waals surface area (Å²) in [4.78, 5) is 11.7. The van der Waals surface area contributed by atoms with Gasteiger partial charge in [0.25, 0.3) is 5.91 Å². The fraction of sp³-hybridized carbons (Fsp3) is 0.200. The number of nitriles is 1. The summed E-state index contributed by atoms with van der Waals surface area (Å²) in [5.41, 5.74) is 0.545. The van der Waals surface area contributed by atoms with Crippen molar-refractivity contribution in [1.82, 2.24) is 5.32 Å². The SMILES string of the molecule is CC(C#N)NC(=O)c1cc(I)ccc1Br. The van der Waals surface area contributed by atoms with Crippen molar-refractivity contribution < 1.29 is 4.79 Å². The van der Waals surface area contributed by atoms with Gasteiger partial charge in [-0.3, -0.25) is 4.79 Å². The Hall–Kier alpha value is -0.610. The Labute approximate surface area is 110 Å². The zero-order valence-electron chi connectivity index (χ0n) is 7.92. The van der Waals surface area contributed by atoms with Crippen LogP contribution in [0.25, 0.3) is 0 Å². The molecule has 0 spiro atoms. The summed E-state index contributed by atoms with van der Waals surface area (Å²) in [5, 5.41) is 11.2. The molecule has 0 bridgehead atoms. The Morgan fingerprint density at radius 1 is 1.67 bits per heavy atom. The third-order valence-electron chi connectivity index (χ3n) is 1.71. The van der Waals surface area contributed by atoms with Gasteiger partial charge in [-0.25, -0.2) is 0 Å². The Bertz CT molecular complexity index is 428. The molecule has 15 heavy (non-hydrogen) atoms. The van der Waals surface area contributed by atoms with Crippen LogP contribution in [0.4, 0.5) is 0 Å². The van der Waals surface area contributed by atoms with Gasteiger partial charge in [0.05, 0.1) is 11.6 Å². The van der Waals surface area contributed by atoms with Gasteiger partial charge in [-0.1, -0.05) is 0 Å². The molecule has 0 fully saturated rings. The number of benzene rings is 1. The third kappa shape index (κ3) is 3.47. The number of carbonyl (C=O) groups excluding carboxylic acids is 1. The van der Waals surface area contributed by atoms with Crippen LogP contribution in [0, 0.1) is 14.9 Å². The molecule has 1 unspecified atom stereocenters. The molecule has 1 N–H and O–H groups in total. The molecule has 0 heterocycles. The Morgan fingerprint density at radius 3 is 2.93 bits per heavy atom. The molecule has 1 rings (SSSR count). The Morgan fingerprint density at radius 2 is 2.33 bits per heavy atom. The molecule has 1 amide bonds. The molecule has 0 aromatic heterocycles. The van der Waals surface area contributed by atoms with E-state index < -0.39 is 6.04 Å². The maximum atomic E-state index is 11.7. The fourth-order valence-corrected chi connectivity index (χ4v) is 1.90. The predicted octanol–water partition coefficient (Wildman–Crippen LogP) is 2.70. The lowest BCUT2D eigenvalue weighted by Gasteiger charge is -2.08. The van der Waals surface area contributed by atoms with E-state index in [1.165, 1.54) is 0 Å². The molecule has 0 saturated carbocycles. The van der Waals surface area contributed by atoms with Crippen molar-refractivity contribution >= 4 is 44.4 Å². The van der Waals surface area contributed by atoms with E-state index in [-0.39, 0.29) is 5.91 Å². The maximum Gasteiger partial charge on any atom is 0.253 e. The van der Waals surface area contributed by atoms with Gasteiger partial charge in [-0.15, -0.1) is 0 Å². The quantitative estimate of drug-likeness (QED) is 0.804. The van der Waals surface area contributed by atoms with E-state index >= 15 is 0 Å². The second-order valence-corrected chi connectivity index (χ2v) is 5.05. The van der Waals surface area contributed by atoms with Gasteiger partial charge in [0, 0.05) is 8.04 Å². The second kappa shape index (κ2) is 5.47. The minimum Gasteiger partial charge on any atom is -0.336 e. The summed E-state index contributed by atoms with van der Waals surface area (Å²) < 4.78 is 1.70. The van der Waals surface area contributed by atoms with Crippen molar-refractivity contribution in [2.24, 2.45) is 0 Å². The normalized spacial score (nSPS) is 11.6. The number of halogens is 2. The molecule has 3 nitrogen and oxygen atoms in total. The highest BCUT2D eigenvalue weighted by Crippen LogP contribution is 2.19. The van der Waals surface area contributed by atoms with Crippen LogP contribution in [-0.2, 0) is 0 Å². The zero-order valence-corrected chi connectivity index (χ0v) is 11.7. The van der Waals surface area contributed by atoms with Crippen LogP contribution in [0.3, 0.4) is 0 Å². The molecule has 1 atom stereocenters. The number of hydrogen-bond acceptors (Lipinski definition) is 2. The molecule has 0 radical (unpaired) electrons. The van der Waals surface area contributed by atoms with E-state index in [1.54, 1.807) is 13.0 Å². The minimum atomic E-state index is -0.484. The summed E-state index contributed by atoms with van der Waals surface area (Å²) in [5.74, 6) is -0.241. The number of nitrogens with one attached hydrogen (secondary N) is 1. The van der Waals surface area contributed by atoms with E-state index in [0.29, 0.717) is 5.56 Å². The number of rotatable bonds is 2. The fourth-order valence-electron chi connectivity index (χ4n) is 0.978. The highest BCUT2D eigenvalue weighted by atomic mass is 127. The van der Waals surface area contributed by atoms with E-state index in [2.05, 4.69) is 43.8 Å². The number of amides is 1. The first kappa shape index (κ1) is 12.5. The van der Waals surface area contributed by atoms with E-state index in [1.807, 2.05) is 18.2 Å². The van der Waals surface area contributed by atoms with Crippen LogP contribution in [0.15, 0.2) is 22.7 Å². The van der Waals surface area contributed by atoms with Gasteiger partial charge in [-0.05, 0) is 63.6 Å². The summed E-state index contributed by atoms with van der Waals surface area (Å²) in [6.45, 7) is 1.64. The topological polar surface area (TPSA) is 52.9 Å². The molecule has 78 valence electrons. The largest absolute Gasteiger partial charge is 0.336 e. The lowest BCUT2D eigenvalue weighted by molar-refractivity contribution is 0.0947. The summed E-state index contributed by atoms with van der Waals surface area (Å²) in [6, 6.07) is 6.95. The minimum absolute atomic E-state index is 0.241. The van der Waals surface area contributed by atoms with Crippen molar-refractivity contribution in [2.45, 2.75) is 13.0 Å². The van der Waals surface area contributed by atoms with Gasteiger partial charge >= 0.3 is 0 Å². The highest BCUT2D eigenvalue weighted by Gasteiger charge is 2.12.